The van der Waals surface area contributed by atoms with Crippen LogP contribution in [0.25, 0.3) is 0 Å². The van der Waals surface area contributed by atoms with Gasteiger partial charge < -0.3 is 10.2 Å². The van der Waals surface area contributed by atoms with Gasteiger partial charge in [0.05, 0.1) is 0 Å². The summed E-state index contributed by atoms with van der Waals surface area (Å²) in [6.45, 7) is 4.15. The molecule has 1 unspecified atom stereocenters. The van der Waals surface area contributed by atoms with Crippen molar-refractivity contribution in [2.24, 2.45) is 0 Å². The van der Waals surface area contributed by atoms with E-state index in [-0.39, 0.29) is 0 Å². The van der Waals surface area contributed by atoms with Crippen molar-refractivity contribution in [1.82, 2.24) is 10.2 Å². The fourth-order valence-corrected chi connectivity index (χ4v) is 2.00. The monoisotopic (exact) mass is 212 g/mol. The van der Waals surface area contributed by atoms with E-state index in [0.29, 0.717) is 11.9 Å². The quantitative estimate of drug-likeness (QED) is 0.681. The van der Waals surface area contributed by atoms with Gasteiger partial charge in [-0.1, -0.05) is 6.42 Å². The lowest BCUT2D eigenvalue weighted by Gasteiger charge is -2.26. The molecule has 3 nitrogen and oxygen atoms in total. The van der Waals surface area contributed by atoms with E-state index in [9.17, 15) is 4.79 Å². The van der Waals surface area contributed by atoms with Crippen molar-refractivity contribution in [3.8, 4) is 0 Å². The third-order valence-corrected chi connectivity index (χ3v) is 3.23. The lowest BCUT2D eigenvalue weighted by Crippen LogP contribution is -2.36. The number of rotatable bonds is 6. The Morgan fingerprint density at radius 1 is 1.40 bits per heavy atom. The minimum absolute atomic E-state index is 0.364. The van der Waals surface area contributed by atoms with Crippen molar-refractivity contribution in [1.29, 1.82) is 0 Å². The van der Waals surface area contributed by atoms with Crippen LogP contribution in [-0.4, -0.2) is 37.0 Å². The molecular formula is C12H24N2O. The lowest BCUT2D eigenvalue weighted by atomic mass is 10.1. The van der Waals surface area contributed by atoms with E-state index >= 15 is 0 Å². The maximum atomic E-state index is 11.5. The van der Waals surface area contributed by atoms with Crippen molar-refractivity contribution in [3.63, 3.8) is 0 Å². The first-order valence-corrected chi connectivity index (χ1v) is 6.19. The van der Waals surface area contributed by atoms with E-state index < -0.39 is 0 Å². The zero-order valence-corrected chi connectivity index (χ0v) is 10.1. The summed E-state index contributed by atoms with van der Waals surface area (Å²) >= 11 is 0. The third-order valence-electron chi connectivity index (χ3n) is 3.23. The van der Waals surface area contributed by atoms with E-state index in [1.54, 1.807) is 0 Å². The Hall–Kier alpha value is -0.570. The number of nitrogens with zero attached hydrogens (tertiary/aromatic N) is 1. The SMILES string of the molecule is CNC(C)CCCCN1CCCCC1=O. The number of hydrogen-bond donors (Lipinski definition) is 1. The normalized spacial score (nSPS) is 19.3. The van der Waals surface area contributed by atoms with Crippen molar-refractivity contribution < 1.29 is 4.79 Å². The molecule has 1 saturated heterocycles. The topological polar surface area (TPSA) is 32.3 Å². The molecule has 0 spiro atoms. The maximum Gasteiger partial charge on any atom is 0.222 e. The first kappa shape index (κ1) is 12.5. The molecule has 1 aliphatic rings. The van der Waals surface area contributed by atoms with Crippen LogP contribution in [0.2, 0.25) is 0 Å². The molecule has 1 N–H and O–H groups in total. The highest BCUT2D eigenvalue weighted by atomic mass is 16.2. The van der Waals surface area contributed by atoms with Crippen molar-refractivity contribution >= 4 is 5.91 Å². The summed E-state index contributed by atoms with van der Waals surface area (Å²) in [5.41, 5.74) is 0. The Morgan fingerprint density at radius 2 is 2.20 bits per heavy atom. The molecule has 15 heavy (non-hydrogen) atoms. The van der Waals surface area contributed by atoms with Gasteiger partial charge >= 0.3 is 0 Å². The number of carbonyl (C=O) groups excluding carboxylic acids is 1. The standard InChI is InChI=1S/C12H24N2O/c1-11(13-2)7-3-5-9-14-10-6-4-8-12(14)15/h11,13H,3-10H2,1-2H3. The van der Waals surface area contributed by atoms with Crippen LogP contribution in [0.1, 0.15) is 45.4 Å². The molecule has 88 valence electrons. The summed E-state index contributed by atoms with van der Waals surface area (Å²) in [6.07, 6.45) is 6.62. The predicted octanol–water partition coefficient (Wildman–Crippen LogP) is 1.78. The largest absolute Gasteiger partial charge is 0.343 e. The third kappa shape index (κ3) is 4.65. The molecule has 1 atom stereocenters. The molecule has 1 amide bonds. The van der Waals surface area contributed by atoms with Gasteiger partial charge in [-0.15, -0.1) is 0 Å². The van der Waals surface area contributed by atoms with Gasteiger partial charge in [-0.25, -0.2) is 0 Å². The zero-order valence-electron chi connectivity index (χ0n) is 10.1. The average molecular weight is 212 g/mol. The van der Waals surface area contributed by atoms with Gasteiger partial charge in [0.2, 0.25) is 5.91 Å². The number of carbonyl (C=O) groups is 1. The zero-order chi connectivity index (χ0) is 11.1. The summed E-state index contributed by atoms with van der Waals surface area (Å²) in [7, 11) is 2.00. The number of hydrogen-bond acceptors (Lipinski definition) is 2. The molecule has 0 radical (unpaired) electrons. The van der Waals surface area contributed by atoms with Crippen LogP contribution in [0.3, 0.4) is 0 Å². The predicted molar refractivity (Wildman–Crippen MR) is 62.8 cm³/mol. The highest BCUT2D eigenvalue weighted by molar-refractivity contribution is 5.76. The van der Waals surface area contributed by atoms with Gasteiger partial charge in [0, 0.05) is 25.6 Å². The van der Waals surface area contributed by atoms with Gasteiger partial charge in [0.15, 0.2) is 0 Å². The molecule has 0 aromatic rings. The van der Waals surface area contributed by atoms with Gasteiger partial charge in [-0.05, 0) is 39.7 Å². The van der Waals surface area contributed by atoms with Gasteiger partial charge in [0.1, 0.15) is 0 Å². The summed E-state index contributed by atoms with van der Waals surface area (Å²) in [5.74, 6) is 0.364. The Labute approximate surface area is 93.2 Å². The Bertz CT molecular complexity index is 194. The van der Waals surface area contributed by atoms with Gasteiger partial charge in [-0.2, -0.15) is 0 Å². The fourth-order valence-electron chi connectivity index (χ4n) is 2.00. The van der Waals surface area contributed by atoms with Crippen LogP contribution in [0.15, 0.2) is 0 Å². The molecule has 0 aromatic carbocycles. The summed E-state index contributed by atoms with van der Waals surface area (Å²) in [5, 5.41) is 3.23. The molecular weight excluding hydrogens is 188 g/mol. The van der Waals surface area contributed by atoms with Crippen LogP contribution in [0, 0.1) is 0 Å². The van der Waals surface area contributed by atoms with Crippen LogP contribution in [-0.2, 0) is 4.79 Å². The van der Waals surface area contributed by atoms with Gasteiger partial charge in [0.25, 0.3) is 0 Å². The molecule has 1 aliphatic heterocycles. The van der Waals surface area contributed by atoms with E-state index in [2.05, 4.69) is 12.2 Å². The second kappa shape index (κ2) is 6.83. The fraction of sp³-hybridized carbons (Fsp3) is 0.917. The van der Waals surface area contributed by atoms with Crippen molar-refractivity contribution in [2.45, 2.75) is 51.5 Å². The number of likely N-dealkylation sites (tertiary alicyclic amines) is 1. The van der Waals surface area contributed by atoms with Crippen molar-refractivity contribution in [2.75, 3.05) is 20.1 Å². The second-order valence-electron chi connectivity index (χ2n) is 4.52. The number of unbranched alkanes of at least 4 members (excludes halogenated alkanes) is 1. The molecule has 1 heterocycles. The van der Waals surface area contributed by atoms with Crippen LogP contribution in [0.4, 0.5) is 0 Å². The first-order chi connectivity index (χ1) is 7.24. The summed E-state index contributed by atoms with van der Waals surface area (Å²) in [6, 6.07) is 0.599. The minimum atomic E-state index is 0.364. The minimum Gasteiger partial charge on any atom is -0.343 e. The molecule has 0 bridgehead atoms. The molecule has 3 heteroatoms. The van der Waals surface area contributed by atoms with E-state index in [4.69, 9.17) is 0 Å². The van der Waals surface area contributed by atoms with E-state index in [1.807, 2.05) is 11.9 Å². The van der Waals surface area contributed by atoms with Crippen molar-refractivity contribution in [3.05, 3.63) is 0 Å². The highest BCUT2D eigenvalue weighted by Gasteiger charge is 2.16. The molecule has 1 fully saturated rings. The maximum absolute atomic E-state index is 11.5. The summed E-state index contributed by atoms with van der Waals surface area (Å²) < 4.78 is 0. The smallest absolute Gasteiger partial charge is 0.222 e. The second-order valence-corrected chi connectivity index (χ2v) is 4.52. The number of amides is 1. The molecule has 0 aromatic heterocycles. The van der Waals surface area contributed by atoms with E-state index in [0.717, 1.165) is 32.4 Å². The Kier molecular flexibility index (Phi) is 5.69. The van der Waals surface area contributed by atoms with Crippen LogP contribution < -0.4 is 5.32 Å². The Balaban J connectivity index is 2.06. The average Bonchev–Trinajstić information content (AvgIpc) is 2.26. The summed E-state index contributed by atoms with van der Waals surface area (Å²) in [4.78, 5) is 13.5. The number of piperidine rings is 1. The molecule has 0 saturated carbocycles. The molecule has 1 rings (SSSR count). The van der Waals surface area contributed by atoms with E-state index in [1.165, 1.54) is 19.3 Å². The van der Waals surface area contributed by atoms with Crippen LogP contribution >= 0.6 is 0 Å². The van der Waals surface area contributed by atoms with Crippen LogP contribution in [0.5, 0.6) is 0 Å². The Morgan fingerprint density at radius 3 is 2.87 bits per heavy atom. The van der Waals surface area contributed by atoms with Gasteiger partial charge in [-0.3, -0.25) is 4.79 Å². The lowest BCUT2D eigenvalue weighted by molar-refractivity contribution is -0.133. The number of nitrogens with one attached hydrogen (secondary N) is 1. The highest BCUT2D eigenvalue weighted by Crippen LogP contribution is 2.11. The molecule has 0 aliphatic carbocycles. The first-order valence-electron chi connectivity index (χ1n) is 6.19.